The van der Waals surface area contributed by atoms with E-state index in [2.05, 4.69) is 10.3 Å². The highest BCUT2D eigenvalue weighted by atomic mass is 32.2. The highest BCUT2D eigenvalue weighted by Crippen LogP contribution is 2.31. The second-order valence-corrected chi connectivity index (χ2v) is 6.02. The monoisotopic (exact) mass is 298 g/mol. The Labute approximate surface area is 120 Å². The van der Waals surface area contributed by atoms with Crippen LogP contribution in [0.1, 0.15) is 5.56 Å². The van der Waals surface area contributed by atoms with Gasteiger partial charge in [0.15, 0.2) is 4.34 Å². The number of aromatic nitrogens is 1. The summed E-state index contributed by atoms with van der Waals surface area (Å²) < 4.78 is 19.7. The second kappa shape index (κ2) is 7.59. The molecule has 102 valence electrons. The van der Waals surface area contributed by atoms with Crippen LogP contribution in [0.4, 0.5) is 4.39 Å². The minimum absolute atomic E-state index is 0.203. The number of benzene rings is 1. The predicted octanol–water partition coefficient (Wildman–Crippen LogP) is 3.17. The summed E-state index contributed by atoms with van der Waals surface area (Å²) in [7, 11) is 1.66. The quantitative estimate of drug-likeness (QED) is 0.796. The molecule has 0 spiro atoms. The molecule has 0 aliphatic heterocycles. The van der Waals surface area contributed by atoms with Gasteiger partial charge in [0.05, 0.1) is 11.5 Å². The number of nitrogens with zero attached hydrogens (tertiary/aromatic N) is 1. The smallest absolute Gasteiger partial charge is 0.154 e. The van der Waals surface area contributed by atoms with E-state index in [1.807, 2.05) is 11.4 Å². The molecule has 2 aromatic rings. The van der Waals surface area contributed by atoms with Gasteiger partial charge in [0.25, 0.3) is 0 Å². The Morgan fingerprint density at radius 1 is 1.47 bits per heavy atom. The lowest BCUT2D eigenvalue weighted by Crippen LogP contribution is -2.18. The van der Waals surface area contributed by atoms with Crippen molar-refractivity contribution >= 4 is 23.1 Å². The average molecular weight is 298 g/mol. The van der Waals surface area contributed by atoms with Crippen LogP contribution in [0.25, 0.3) is 0 Å². The molecule has 0 aliphatic rings. The van der Waals surface area contributed by atoms with Crippen LogP contribution in [0.5, 0.6) is 0 Å². The summed E-state index contributed by atoms with van der Waals surface area (Å²) in [5.74, 6) is -0.203. The molecule has 1 aromatic carbocycles. The molecule has 6 heteroatoms. The molecule has 0 amide bonds. The first kappa shape index (κ1) is 14.5. The summed E-state index contributed by atoms with van der Waals surface area (Å²) in [6.07, 6.45) is 1.72. The first-order valence-electron chi connectivity index (χ1n) is 5.85. The van der Waals surface area contributed by atoms with E-state index in [-0.39, 0.29) is 5.82 Å². The number of methoxy groups -OCH3 is 1. The molecule has 1 aromatic heterocycles. The van der Waals surface area contributed by atoms with E-state index in [1.165, 1.54) is 23.1 Å². The third-order valence-electron chi connectivity index (χ3n) is 2.42. The molecule has 0 aliphatic carbocycles. The first-order chi connectivity index (χ1) is 9.29. The number of hydrogen-bond acceptors (Lipinski definition) is 5. The molecule has 0 saturated carbocycles. The van der Waals surface area contributed by atoms with E-state index in [0.717, 1.165) is 16.4 Å². The third kappa shape index (κ3) is 4.58. The normalized spacial score (nSPS) is 10.8. The number of nitrogens with one attached hydrogen (secondary N) is 1. The highest BCUT2D eigenvalue weighted by molar-refractivity contribution is 8.01. The maximum atomic E-state index is 13.9. The van der Waals surface area contributed by atoms with Gasteiger partial charge < -0.3 is 10.1 Å². The van der Waals surface area contributed by atoms with Crippen LogP contribution in [0.3, 0.4) is 0 Å². The van der Waals surface area contributed by atoms with Crippen LogP contribution in [0.2, 0.25) is 0 Å². The first-order valence-corrected chi connectivity index (χ1v) is 7.54. The van der Waals surface area contributed by atoms with Gasteiger partial charge in [-0.2, -0.15) is 0 Å². The fourth-order valence-electron chi connectivity index (χ4n) is 1.50. The summed E-state index contributed by atoms with van der Waals surface area (Å²) in [6, 6.07) is 5.29. The summed E-state index contributed by atoms with van der Waals surface area (Å²) >= 11 is 2.86. The van der Waals surface area contributed by atoms with Gasteiger partial charge in [0.2, 0.25) is 0 Å². The molecule has 0 unspecified atom stereocenters. The molecule has 0 radical (unpaired) electrons. The van der Waals surface area contributed by atoms with Crippen molar-refractivity contribution in [2.45, 2.75) is 15.8 Å². The molecule has 0 bridgehead atoms. The molecular formula is C13H15FN2OS2. The summed E-state index contributed by atoms with van der Waals surface area (Å²) in [5.41, 5.74) is 0.928. The van der Waals surface area contributed by atoms with Crippen LogP contribution < -0.4 is 5.32 Å². The Morgan fingerprint density at radius 2 is 2.37 bits per heavy atom. The van der Waals surface area contributed by atoms with Crippen molar-refractivity contribution in [2.24, 2.45) is 0 Å². The maximum Gasteiger partial charge on any atom is 0.154 e. The van der Waals surface area contributed by atoms with Gasteiger partial charge in [0, 0.05) is 31.8 Å². The molecule has 0 fully saturated rings. The molecule has 1 heterocycles. The number of halogens is 1. The van der Waals surface area contributed by atoms with E-state index in [0.29, 0.717) is 18.0 Å². The van der Waals surface area contributed by atoms with Crippen molar-refractivity contribution in [1.82, 2.24) is 10.3 Å². The zero-order valence-electron chi connectivity index (χ0n) is 10.6. The number of rotatable bonds is 7. The van der Waals surface area contributed by atoms with Crippen molar-refractivity contribution in [1.29, 1.82) is 0 Å². The van der Waals surface area contributed by atoms with Crippen LogP contribution in [0, 0.1) is 5.82 Å². The highest BCUT2D eigenvalue weighted by Gasteiger charge is 2.07. The van der Waals surface area contributed by atoms with Crippen LogP contribution in [-0.2, 0) is 11.3 Å². The summed E-state index contributed by atoms with van der Waals surface area (Å²) in [6.45, 7) is 2.05. The van der Waals surface area contributed by atoms with E-state index < -0.39 is 0 Å². The standard InChI is InChI=1S/C13H15FN2OS2/c1-17-6-4-15-9-10-2-3-12(11(14)8-10)19-13-16-5-7-18-13/h2-3,5,7-8,15H,4,6,9H2,1H3. The molecule has 19 heavy (non-hydrogen) atoms. The Balaban J connectivity index is 1.93. The Hall–Kier alpha value is -0.950. The minimum atomic E-state index is -0.203. The molecule has 3 nitrogen and oxygen atoms in total. The predicted molar refractivity (Wildman–Crippen MR) is 76.2 cm³/mol. The van der Waals surface area contributed by atoms with E-state index >= 15 is 0 Å². The van der Waals surface area contributed by atoms with Gasteiger partial charge in [-0.25, -0.2) is 9.37 Å². The topological polar surface area (TPSA) is 34.1 Å². The van der Waals surface area contributed by atoms with Crippen molar-refractivity contribution < 1.29 is 9.13 Å². The van der Waals surface area contributed by atoms with Gasteiger partial charge in [-0.15, -0.1) is 11.3 Å². The van der Waals surface area contributed by atoms with Crippen LogP contribution in [0.15, 0.2) is 39.0 Å². The summed E-state index contributed by atoms with van der Waals surface area (Å²) in [5, 5.41) is 5.07. The van der Waals surface area contributed by atoms with E-state index in [1.54, 1.807) is 25.4 Å². The van der Waals surface area contributed by atoms with E-state index in [4.69, 9.17) is 4.74 Å². The zero-order chi connectivity index (χ0) is 13.5. The van der Waals surface area contributed by atoms with Crippen molar-refractivity contribution in [3.63, 3.8) is 0 Å². The van der Waals surface area contributed by atoms with Crippen molar-refractivity contribution in [2.75, 3.05) is 20.3 Å². The Kier molecular flexibility index (Phi) is 5.78. The largest absolute Gasteiger partial charge is 0.383 e. The van der Waals surface area contributed by atoms with Crippen molar-refractivity contribution in [3.05, 3.63) is 41.2 Å². The molecule has 1 N–H and O–H groups in total. The Bertz CT molecular complexity index is 505. The second-order valence-electron chi connectivity index (χ2n) is 3.83. The van der Waals surface area contributed by atoms with Gasteiger partial charge in [-0.05, 0) is 17.7 Å². The number of ether oxygens (including phenoxy) is 1. The molecule has 0 atom stereocenters. The van der Waals surface area contributed by atoms with Crippen LogP contribution in [-0.4, -0.2) is 25.2 Å². The van der Waals surface area contributed by atoms with E-state index in [9.17, 15) is 4.39 Å². The molecule has 0 saturated heterocycles. The average Bonchev–Trinajstić information content (AvgIpc) is 2.91. The lowest BCUT2D eigenvalue weighted by molar-refractivity contribution is 0.199. The van der Waals surface area contributed by atoms with Crippen LogP contribution >= 0.6 is 23.1 Å². The maximum absolute atomic E-state index is 13.9. The minimum Gasteiger partial charge on any atom is -0.383 e. The zero-order valence-corrected chi connectivity index (χ0v) is 12.2. The fraction of sp³-hybridized carbons (Fsp3) is 0.308. The SMILES string of the molecule is COCCNCc1ccc(Sc2nccs2)c(F)c1. The lowest BCUT2D eigenvalue weighted by Gasteiger charge is -2.06. The van der Waals surface area contributed by atoms with Gasteiger partial charge in [-0.1, -0.05) is 17.8 Å². The molecular weight excluding hydrogens is 283 g/mol. The Morgan fingerprint density at radius 3 is 3.05 bits per heavy atom. The lowest BCUT2D eigenvalue weighted by atomic mass is 10.2. The third-order valence-corrected chi connectivity index (χ3v) is 4.35. The summed E-state index contributed by atoms with van der Waals surface area (Å²) in [4.78, 5) is 4.74. The van der Waals surface area contributed by atoms with Crippen molar-refractivity contribution in [3.8, 4) is 0 Å². The number of hydrogen-bond donors (Lipinski definition) is 1. The van der Waals surface area contributed by atoms with Gasteiger partial charge >= 0.3 is 0 Å². The number of thiazole rings is 1. The van der Waals surface area contributed by atoms with Gasteiger partial charge in [0.1, 0.15) is 5.82 Å². The van der Waals surface area contributed by atoms with Gasteiger partial charge in [-0.3, -0.25) is 0 Å². The fourth-order valence-corrected chi connectivity index (χ4v) is 3.08. The molecule has 2 rings (SSSR count).